The van der Waals surface area contributed by atoms with Crippen molar-refractivity contribution in [3.63, 3.8) is 0 Å². The maximum atomic E-state index is 4.66. The highest BCUT2D eigenvalue weighted by Crippen LogP contribution is 2.30. The third kappa shape index (κ3) is 4.29. The summed E-state index contributed by atoms with van der Waals surface area (Å²) in [5.41, 5.74) is 7.49. The Kier molecular flexibility index (Phi) is 6.02. The van der Waals surface area contributed by atoms with Crippen LogP contribution in [0.15, 0.2) is 59.7 Å². The van der Waals surface area contributed by atoms with Gasteiger partial charge in [-0.3, -0.25) is 5.43 Å². The molecular formula is C21H24N4S. The molecule has 4 nitrogen and oxygen atoms in total. The molecule has 0 unspecified atom stereocenters. The fraction of sp³-hybridized carbons (Fsp3) is 0.238. The molecule has 134 valence electrons. The normalized spacial score (nSPS) is 11.0. The number of aryl methyl sites for hydroxylation is 1. The zero-order valence-corrected chi connectivity index (χ0v) is 16.3. The second kappa shape index (κ2) is 8.63. The van der Waals surface area contributed by atoms with E-state index in [4.69, 9.17) is 0 Å². The number of benzene rings is 2. The van der Waals surface area contributed by atoms with Crippen LogP contribution in [0.3, 0.4) is 0 Å². The average Bonchev–Trinajstić information content (AvgIpc) is 3.05. The highest BCUT2D eigenvalue weighted by Gasteiger charge is 2.08. The highest BCUT2D eigenvalue weighted by atomic mass is 32.1. The minimum Gasteiger partial charge on any atom is -0.372 e. The van der Waals surface area contributed by atoms with Gasteiger partial charge in [-0.05, 0) is 38.5 Å². The Bertz CT molecular complexity index is 849. The molecule has 0 saturated carbocycles. The summed E-state index contributed by atoms with van der Waals surface area (Å²) in [7, 11) is 0. The summed E-state index contributed by atoms with van der Waals surface area (Å²) >= 11 is 1.61. The number of rotatable bonds is 7. The lowest BCUT2D eigenvalue weighted by atomic mass is 10.1. The Labute approximate surface area is 159 Å². The lowest BCUT2D eigenvalue weighted by Crippen LogP contribution is -2.21. The molecule has 5 heteroatoms. The summed E-state index contributed by atoms with van der Waals surface area (Å²) in [4.78, 5) is 8.16. The second-order valence-corrected chi connectivity index (χ2v) is 7.13. The molecule has 26 heavy (non-hydrogen) atoms. The number of nitrogens with zero attached hydrogens (tertiary/aromatic N) is 3. The van der Waals surface area contributed by atoms with Gasteiger partial charge in [0.1, 0.15) is 0 Å². The van der Waals surface area contributed by atoms with Crippen molar-refractivity contribution in [3.05, 3.63) is 65.0 Å². The zero-order valence-electron chi connectivity index (χ0n) is 15.4. The first-order chi connectivity index (χ1) is 12.7. The number of aromatic nitrogens is 1. The van der Waals surface area contributed by atoms with Crippen molar-refractivity contribution < 1.29 is 0 Å². The Morgan fingerprint density at radius 3 is 2.38 bits per heavy atom. The van der Waals surface area contributed by atoms with Crippen molar-refractivity contribution in [2.45, 2.75) is 20.8 Å². The lowest BCUT2D eigenvalue weighted by Gasteiger charge is -2.20. The number of thiazole rings is 1. The van der Waals surface area contributed by atoms with Gasteiger partial charge in [0.2, 0.25) is 5.13 Å². The van der Waals surface area contributed by atoms with Gasteiger partial charge in [-0.1, -0.05) is 42.5 Å². The van der Waals surface area contributed by atoms with Crippen molar-refractivity contribution in [2.24, 2.45) is 5.10 Å². The third-order valence-electron chi connectivity index (χ3n) is 4.24. The molecule has 0 spiro atoms. The number of anilines is 2. The van der Waals surface area contributed by atoms with Gasteiger partial charge in [0.25, 0.3) is 0 Å². The largest absolute Gasteiger partial charge is 0.372 e. The first-order valence-corrected chi connectivity index (χ1v) is 9.69. The van der Waals surface area contributed by atoms with E-state index in [1.807, 2.05) is 24.4 Å². The molecule has 0 atom stereocenters. The summed E-state index contributed by atoms with van der Waals surface area (Å²) in [6, 6.07) is 18.7. The quantitative estimate of drug-likeness (QED) is 0.450. The standard InChI is InChI=1S/C21H24N4S/c1-4-25(5-2)19-13-11-17(12-14-19)15-22-24-21-23-20(16(3)26-21)18-9-7-6-8-10-18/h6-15H,4-5H2,1-3H3,(H,23,24)/b22-15-. The van der Waals surface area contributed by atoms with Crippen molar-refractivity contribution >= 4 is 28.4 Å². The molecule has 1 aromatic heterocycles. The van der Waals surface area contributed by atoms with Crippen LogP contribution in [0.25, 0.3) is 11.3 Å². The van der Waals surface area contributed by atoms with Crippen LogP contribution in [0.4, 0.5) is 10.8 Å². The molecule has 0 aliphatic carbocycles. The van der Waals surface area contributed by atoms with Gasteiger partial charge in [-0.2, -0.15) is 5.10 Å². The predicted octanol–water partition coefficient (Wildman–Crippen LogP) is 5.41. The van der Waals surface area contributed by atoms with E-state index in [-0.39, 0.29) is 0 Å². The van der Waals surface area contributed by atoms with Crippen LogP contribution in [0.5, 0.6) is 0 Å². The monoisotopic (exact) mass is 364 g/mol. The van der Waals surface area contributed by atoms with Crippen LogP contribution in [0, 0.1) is 6.92 Å². The third-order valence-corrected chi connectivity index (χ3v) is 5.11. The summed E-state index contributed by atoms with van der Waals surface area (Å²) in [5, 5.41) is 5.14. The van der Waals surface area contributed by atoms with Gasteiger partial charge in [0.05, 0.1) is 11.9 Å². The molecule has 0 bridgehead atoms. The van der Waals surface area contributed by atoms with Crippen molar-refractivity contribution in [1.29, 1.82) is 0 Å². The molecule has 3 aromatic rings. The van der Waals surface area contributed by atoms with Crippen molar-refractivity contribution in [2.75, 3.05) is 23.4 Å². The maximum Gasteiger partial charge on any atom is 0.204 e. The van der Waals surface area contributed by atoms with Crippen LogP contribution < -0.4 is 10.3 Å². The van der Waals surface area contributed by atoms with Crippen LogP contribution in [0.1, 0.15) is 24.3 Å². The first-order valence-electron chi connectivity index (χ1n) is 8.88. The summed E-state index contributed by atoms with van der Waals surface area (Å²) in [6.07, 6.45) is 1.82. The van der Waals surface area contributed by atoms with E-state index in [0.29, 0.717) is 0 Å². The molecular weight excluding hydrogens is 340 g/mol. The van der Waals surface area contributed by atoms with Crippen LogP contribution >= 0.6 is 11.3 Å². The number of hydrogen-bond acceptors (Lipinski definition) is 5. The van der Waals surface area contributed by atoms with E-state index in [9.17, 15) is 0 Å². The van der Waals surface area contributed by atoms with Crippen molar-refractivity contribution in [1.82, 2.24) is 4.98 Å². The summed E-state index contributed by atoms with van der Waals surface area (Å²) in [6.45, 7) is 8.45. The van der Waals surface area contributed by atoms with Crippen LogP contribution in [-0.2, 0) is 0 Å². The number of hydrogen-bond donors (Lipinski definition) is 1. The Hall–Kier alpha value is -2.66. The fourth-order valence-electron chi connectivity index (χ4n) is 2.83. The Balaban J connectivity index is 1.66. The Morgan fingerprint density at radius 2 is 1.73 bits per heavy atom. The van der Waals surface area contributed by atoms with E-state index >= 15 is 0 Å². The fourth-order valence-corrected chi connectivity index (χ4v) is 3.62. The summed E-state index contributed by atoms with van der Waals surface area (Å²) < 4.78 is 0. The van der Waals surface area contributed by atoms with E-state index in [1.54, 1.807) is 11.3 Å². The van der Waals surface area contributed by atoms with Gasteiger partial charge in [0, 0.05) is 29.2 Å². The minimum atomic E-state index is 0.803. The minimum absolute atomic E-state index is 0.803. The molecule has 1 heterocycles. The molecule has 2 aromatic carbocycles. The lowest BCUT2D eigenvalue weighted by molar-refractivity contribution is 0.866. The van der Waals surface area contributed by atoms with Gasteiger partial charge in [0.15, 0.2) is 0 Å². The zero-order chi connectivity index (χ0) is 18.4. The predicted molar refractivity (Wildman–Crippen MR) is 114 cm³/mol. The topological polar surface area (TPSA) is 40.5 Å². The average molecular weight is 365 g/mol. The molecule has 0 radical (unpaired) electrons. The van der Waals surface area contributed by atoms with Gasteiger partial charge < -0.3 is 4.90 Å². The molecule has 0 aliphatic heterocycles. The SMILES string of the molecule is CCN(CC)c1ccc(/C=N\Nc2nc(-c3ccccc3)c(C)s2)cc1. The summed E-state index contributed by atoms with van der Waals surface area (Å²) in [5.74, 6) is 0. The van der Waals surface area contributed by atoms with Gasteiger partial charge >= 0.3 is 0 Å². The molecule has 0 aliphatic rings. The second-order valence-electron chi connectivity index (χ2n) is 5.92. The first kappa shape index (κ1) is 18.1. The molecule has 3 rings (SSSR count). The molecule has 1 N–H and O–H groups in total. The van der Waals surface area contributed by atoms with E-state index < -0.39 is 0 Å². The van der Waals surface area contributed by atoms with Gasteiger partial charge in [-0.15, -0.1) is 11.3 Å². The Morgan fingerprint density at radius 1 is 1.04 bits per heavy atom. The van der Waals surface area contributed by atoms with E-state index in [1.165, 1.54) is 10.6 Å². The van der Waals surface area contributed by atoms with E-state index in [0.717, 1.165) is 35.0 Å². The van der Waals surface area contributed by atoms with Crippen LogP contribution in [0.2, 0.25) is 0 Å². The van der Waals surface area contributed by atoms with Gasteiger partial charge in [-0.25, -0.2) is 4.98 Å². The van der Waals surface area contributed by atoms with E-state index in [2.05, 4.69) is 77.6 Å². The smallest absolute Gasteiger partial charge is 0.204 e. The van der Waals surface area contributed by atoms with Crippen molar-refractivity contribution in [3.8, 4) is 11.3 Å². The molecule has 0 fully saturated rings. The molecule has 0 amide bonds. The maximum absolute atomic E-state index is 4.66. The number of hydrazone groups is 1. The van der Waals surface area contributed by atoms with Crippen LogP contribution in [-0.4, -0.2) is 24.3 Å². The molecule has 0 saturated heterocycles. The highest BCUT2D eigenvalue weighted by molar-refractivity contribution is 7.15. The number of nitrogens with one attached hydrogen (secondary N) is 1.